The summed E-state index contributed by atoms with van der Waals surface area (Å²) in [6, 6.07) is 18.6. The van der Waals surface area contributed by atoms with Gasteiger partial charge >= 0.3 is 18.5 Å². The number of aryl methyl sites for hydroxylation is 2. The number of carbonyl (C=O) groups excluding carboxylic acids is 1. The number of carboxylic acid groups (broad SMARTS) is 1. The third-order valence-corrected chi connectivity index (χ3v) is 7.17. The summed E-state index contributed by atoms with van der Waals surface area (Å²) in [5, 5.41) is 19.2. The van der Waals surface area contributed by atoms with Crippen LogP contribution in [0.5, 0.6) is 5.75 Å². The Morgan fingerprint density at radius 3 is 2.20 bits per heavy atom. The Morgan fingerprint density at radius 2 is 1.63 bits per heavy atom. The molecular weight excluding hydrogens is 706 g/mol. The molecule has 0 saturated carbocycles. The number of hydrogen-bond donors (Lipinski definition) is 4. The molecule has 12 nitrogen and oxygen atoms in total. The van der Waals surface area contributed by atoms with Gasteiger partial charge in [-0.2, -0.15) is 18.3 Å². The van der Waals surface area contributed by atoms with Gasteiger partial charge in [-0.15, -0.1) is 18.3 Å². The lowest BCUT2D eigenvalue weighted by Gasteiger charge is -2.09. The molecule has 0 fully saturated rings. The first-order valence-electron chi connectivity index (χ1n) is 14.8. The molecule has 3 aromatic carbocycles. The summed E-state index contributed by atoms with van der Waals surface area (Å²) in [4.78, 5) is 30.2. The topological polar surface area (TPSA) is 169 Å². The number of amides is 1. The molecule has 4 rings (SSSR count). The van der Waals surface area contributed by atoms with Gasteiger partial charge in [0.15, 0.2) is 11.0 Å². The van der Waals surface area contributed by atoms with E-state index in [0.717, 1.165) is 27.9 Å². The molecule has 19 heteroatoms. The molecule has 0 radical (unpaired) electrons. The summed E-state index contributed by atoms with van der Waals surface area (Å²) >= 11 is 1.24. The molecule has 0 saturated heterocycles. The predicted octanol–water partition coefficient (Wildman–Crippen LogP) is 5.89. The fourth-order valence-electron chi connectivity index (χ4n) is 3.89. The van der Waals surface area contributed by atoms with Crippen LogP contribution in [0.1, 0.15) is 23.1 Å². The van der Waals surface area contributed by atoms with Gasteiger partial charge in [0.2, 0.25) is 5.91 Å². The first-order valence-corrected chi connectivity index (χ1v) is 15.8. The summed E-state index contributed by atoms with van der Waals surface area (Å²) in [5.41, 5.74) is 13.3. The van der Waals surface area contributed by atoms with E-state index in [1.54, 1.807) is 6.21 Å². The van der Waals surface area contributed by atoms with E-state index in [-0.39, 0.29) is 17.4 Å². The van der Waals surface area contributed by atoms with Crippen LogP contribution in [0.15, 0.2) is 83.2 Å². The second kappa shape index (κ2) is 18.5. The number of aliphatic carboxylic acids is 1. The van der Waals surface area contributed by atoms with E-state index in [4.69, 9.17) is 20.6 Å². The van der Waals surface area contributed by atoms with Crippen LogP contribution in [0.2, 0.25) is 0 Å². The molecule has 0 unspecified atom stereocenters. The molecule has 0 spiro atoms. The van der Waals surface area contributed by atoms with Crippen molar-refractivity contribution in [3.05, 3.63) is 89.7 Å². The number of thioether (sulfide) groups is 1. The Bertz CT molecular complexity index is 1790. The van der Waals surface area contributed by atoms with E-state index >= 15 is 0 Å². The molecule has 51 heavy (non-hydrogen) atoms. The van der Waals surface area contributed by atoms with Crippen LogP contribution in [-0.2, 0) is 9.59 Å². The zero-order chi connectivity index (χ0) is 37.6. The van der Waals surface area contributed by atoms with Crippen LogP contribution in [0.25, 0.3) is 17.1 Å². The Kier molecular flexibility index (Phi) is 14.5. The third kappa shape index (κ3) is 13.8. The summed E-state index contributed by atoms with van der Waals surface area (Å²) in [6.45, 7) is 4.97. The van der Waals surface area contributed by atoms with Gasteiger partial charge < -0.3 is 20.9 Å². The lowest BCUT2D eigenvalue weighted by atomic mass is 10.1. The molecule has 1 aromatic heterocycles. The molecule has 0 aliphatic heterocycles. The number of nitrogens with one attached hydrogen (secondary N) is 2. The number of rotatable bonds is 11. The van der Waals surface area contributed by atoms with Crippen molar-refractivity contribution in [3.63, 3.8) is 0 Å². The first kappa shape index (κ1) is 40.0. The van der Waals surface area contributed by atoms with Gasteiger partial charge in [0.25, 0.3) is 0 Å². The van der Waals surface area contributed by atoms with Crippen LogP contribution in [0.4, 0.5) is 32.0 Å². The van der Waals surface area contributed by atoms with Gasteiger partial charge in [0, 0.05) is 12.1 Å². The SMILES string of the molecule is Cc1cccc(C)c1N=C(N/N=C/c1ccc(-c2ncn(-c3ccc(OC(F)(F)F)cc3)n2)cc1)SCC(=O)NCCCN.O=C(O)C(F)(F)F. The number of hydrazone groups is 1. The zero-order valence-electron chi connectivity index (χ0n) is 27.0. The molecule has 0 aliphatic rings. The maximum Gasteiger partial charge on any atom is 0.573 e. The predicted molar refractivity (Wildman–Crippen MR) is 180 cm³/mol. The van der Waals surface area contributed by atoms with Crippen molar-refractivity contribution >= 4 is 40.7 Å². The van der Waals surface area contributed by atoms with Crippen molar-refractivity contribution in [1.29, 1.82) is 0 Å². The maximum atomic E-state index is 12.4. The van der Waals surface area contributed by atoms with Gasteiger partial charge in [-0.3, -0.25) is 10.2 Å². The van der Waals surface area contributed by atoms with E-state index in [9.17, 15) is 31.1 Å². The Hall–Kier alpha value is -5.43. The van der Waals surface area contributed by atoms with Crippen LogP contribution >= 0.6 is 11.8 Å². The molecule has 5 N–H and O–H groups in total. The van der Waals surface area contributed by atoms with Crippen LogP contribution < -0.4 is 21.2 Å². The summed E-state index contributed by atoms with van der Waals surface area (Å²) < 4.78 is 74.3. The Balaban J connectivity index is 0.000000908. The number of carboxylic acids is 1. The minimum Gasteiger partial charge on any atom is -0.475 e. The van der Waals surface area contributed by atoms with Gasteiger partial charge in [0.05, 0.1) is 23.3 Å². The third-order valence-electron chi connectivity index (χ3n) is 6.31. The fraction of sp³-hybridized carbons (Fsp3) is 0.250. The molecule has 4 aromatic rings. The highest BCUT2D eigenvalue weighted by atomic mass is 32.2. The number of amidine groups is 1. The highest BCUT2D eigenvalue weighted by Gasteiger charge is 2.38. The number of hydrogen-bond acceptors (Lipinski definition) is 9. The van der Waals surface area contributed by atoms with E-state index in [1.807, 2.05) is 56.3 Å². The molecule has 1 amide bonds. The molecule has 0 bridgehead atoms. The van der Waals surface area contributed by atoms with Crippen LogP contribution in [-0.4, -0.2) is 74.5 Å². The quantitative estimate of drug-likeness (QED) is 0.0482. The first-order chi connectivity index (χ1) is 24.1. The molecule has 0 aliphatic carbocycles. The summed E-state index contributed by atoms with van der Waals surface area (Å²) in [6.07, 6.45) is -6.03. The zero-order valence-corrected chi connectivity index (χ0v) is 27.8. The molecule has 272 valence electrons. The van der Waals surface area contributed by atoms with Gasteiger partial charge in [-0.25, -0.2) is 19.5 Å². The van der Waals surface area contributed by atoms with Crippen molar-refractivity contribution in [2.24, 2.45) is 15.8 Å². The van der Waals surface area contributed by atoms with Crippen molar-refractivity contribution < 1.29 is 45.8 Å². The number of nitrogens with two attached hydrogens (primary N) is 1. The average molecular weight is 739 g/mol. The number of nitrogens with zero attached hydrogens (tertiary/aromatic N) is 5. The van der Waals surface area contributed by atoms with Crippen molar-refractivity contribution in [2.45, 2.75) is 32.8 Å². The molecular formula is C32H32F6N8O4S. The smallest absolute Gasteiger partial charge is 0.475 e. The second-order valence-electron chi connectivity index (χ2n) is 10.3. The minimum atomic E-state index is -5.08. The van der Waals surface area contributed by atoms with Crippen LogP contribution in [0, 0.1) is 13.8 Å². The number of aromatic nitrogens is 3. The Labute approximate surface area is 291 Å². The minimum absolute atomic E-state index is 0.123. The lowest BCUT2D eigenvalue weighted by molar-refractivity contribution is -0.274. The highest BCUT2D eigenvalue weighted by molar-refractivity contribution is 8.14. The summed E-state index contributed by atoms with van der Waals surface area (Å²) in [5.74, 6) is -2.60. The number of aliphatic imine (C=N–C) groups is 1. The van der Waals surface area contributed by atoms with Crippen molar-refractivity contribution in [3.8, 4) is 22.8 Å². The second-order valence-corrected chi connectivity index (χ2v) is 11.3. The molecule has 1 heterocycles. The highest BCUT2D eigenvalue weighted by Crippen LogP contribution is 2.25. The van der Waals surface area contributed by atoms with E-state index in [2.05, 4.69) is 30.7 Å². The number of carbonyl (C=O) groups is 2. The van der Waals surface area contributed by atoms with E-state index in [0.29, 0.717) is 36.2 Å². The Morgan fingerprint density at radius 1 is 1.00 bits per heavy atom. The largest absolute Gasteiger partial charge is 0.573 e. The van der Waals surface area contributed by atoms with Crippen molar-refractivity contribution in [1.82, 2.24) is 25.5 Å². The standard InChI is InChI=1S/C30H31F3N8O2S.C2HF3O2/c1-20-5-3-6-21(2)27(20)38-29(44-18-26(42)35-16-4-15-34)39-37-17-22-7-9-23(10-8-22)28-36-19-41(40-28)24-11-13-25(14-12-24)43-30(31,32)33;3-2(4,5)1(6)7/h3,5-14,17,19H,4,15-16,18,34H2,1-2H3,(H,35,42)(H,38,39);(H,6,7)/b37-17+;. The van der Waals surface area contributed by atoms with Crippen molar-refractivity contribution in [2.75, 3.05) is 18.8 Å². The molecule has 0 atom stereocenters. The fourth-order valence-corrected chi connectivity index (χ4v) is 4.53. The van der Waals surface area contributed by atoms with Gasteiger partial charge in [0.1, 0.15) is 12.1 Å². The maximum absolute atomic E-state index is 12.4. The average Bonchev–Trinajstić information content (AvgIpc) is 3.55. The summed E-state index contributed by atoms with van der Waals surface area (Å²) in [7, 11) is 0. The van der Waals surface area contributed by atoms with E-state index in [1.165, 1.54) is 47.0 Å². The van der Waals surface area contributed by atoms with Gasteiger partial charge in [-0.1, -0.05) is 54.2 Å². The monoisotopic (exact) mass is 738 g/mol. The lowest BCUT2D eigenvalue weighted by Crippen LogP contribution is -2.28. The normalized spacial score (nSPS) is 11.9. The van der Waals surface area contributed by atoms with E-state index < -0.39 is 18.5 Å². The van der Waals surface area contributed by atoms with Gasteiger partial charge in [-0.05, 0) is 67.8 Å². The number of alkyl halides is 6. The van der Waals surface area contributed by atoms with Crippen LogP contribution in [0.3, 0.4) is 0 Å². The number of benzene rings is 3. The number of ether oxygens (including phenoxy) is 1. The number of para-hydroxylation sites is 1. The number of halogens is 6.